The molecule has 0 saturated heterocycles. The molecule has 0 heterocycles. The number of hydrogen-bond donors (Lipinski definition) is 1. The molecule has 3 nitrogen and oxygen atoms in total. The van der Waals surface area contributed by atoms with Crippen LogP contribution in [0.4, 0.5) is 0 Å². The van der Waals surface area contributed by atoms with Gasteiger partial charge in [-0.25, -0.2) is 8.42 Å². The highest BCUT2D eigenvalue weighted by Crippen LogP contribution is 2.59. The summed E-state index contributed by atoms with van der Waals surface area (Å²) in [7, 11) is -3.26. The quantitative estimate of drug-likeness (QED) is 0.525. The number of hydrogen-bond acceptors (Lipinski definition) is 4. The molecule has 0 aliphatic heterocycles. The molecule has 2 atom stereocenters. The summed E-state index contributed by atoms with van der Waals surface area (Å²) in [5.41, 5.74) is 5.52. The van der Waals surface area contributed by atoms with Crippen molar-refractivity contribution in [3.8, 4) is 0 Å². The number of rotatable bonds is 5. The van der Waals surface area contributed by atoms with Crippen molar-refractivity contribution in [2.24, 2.45) is 5.73 Å². The molecule has 0 aromatic heterocycles. The maximum atomic E-state index is 12.2. The van der Waals surface area contributed by atoms with Crippen LogP contribution in [0.1, 0.15) is 6.92 Å². The summed E-state index contributed by atoms with van der Waals surface area (Å²) in [6, 6.07) is 6.71. The number of benzene rings is 1. The van der Waals surface area contributed by atoms with Crippen molar-refractivity contribution in [2.45, 2.75) is 16.4 Å². The lowest BCUT2D eigenvalue weighted by molar-refractivity contribution is 0.595. The van der Waals surface area contributed by atoms with Crippen molar-refractivity contribution in [2.75, 3.05) is 6.29 Å². The van der Waals surface area contributed by atoms with Crippen molar-refractivity contribution in [3.05, 3.63) is 28.7 Å². The highest BCUT2D eigenvalue weighted by atomic mass is 127. The smallest absolute Gasteiger partial charge is 0.190 e. The van der Waals surface area contributed by atoms with Crippen molar-refractivity contribution >= 4 is 64.0 Å². The standard InChI is InChI=1S/C9H12BrINO2PS2/c1-7(16-15(11)6-12)17(13,14)9-4-2-8(10)3-5-9/h2-5,7H,6,12H2,1H3/t7-,15?/m1/s1. The van der Waals surface area contributed by atoms with Crippen molar-refractivity contribution in [3.63, 3.8) is 0 Å². The Hall–Kier alpha value is 1.12. The normalized spacial score (nSPS) is 15.5. The van der Waals surface area contributed by atoms with E-state index in [0.29, 0.717) is 11.2 Å². The van der Waals surface area contributed by atoms with E-state index < -0.39 is 19.2 Å². The van der Waals surface area contributed by atoms with Gasteiger partial charge < -0.3 is 5.73 Å². The van der Waals surface area contributed by atoms with Gasteiger partial charge in [0.25, 0.3) is 0 Å². The lowest BCUT2D eigenvalue weighted by atomic mass is 10.4. The molecule has 2 N–H and O–H groups in total. The Balaban J connectivity index is 2.91. The van der Waals surface area contributed by atoms with Gasteiger partial charge in [0.15, 0.2) is 9.84 Å². The lowest BCUT2D eigenvalue weighted by Crippen LogP contribution is -2.14. The van der Waals surface area contributed by atoms with Gasteiger partial charge in [0, 0.05) is 15.5 Å². The van der Waals surface area contributed by atoms with E-state index in [0.717, 1.165) is 4.47 Å². The summed E-state index contributed by atoms with van der Waals surface area (Å²) in [6.07, 6.45) is 0.529. The molecule has 17 heavy (non-hydrogen) atoms. The molecule has 8 heteroatoms. The predicted molar refractivity (Wildman–Crippen MR) is 88.4 cm³/mol. The maximum Gasteiger partial charge on any atom is 0.190 e. The second-order valence-electron chi connectivity index (χ2n) is 3.17. The van der Waals surface area contributed by atoms with Crippen LogP contribution in [-0.2, 0) is 9.84 Å². The van der Waals surface area contributed by atoms with Crippen LogP contribution < -0.4 is 5.73 Å². The van der Waals surface area contributed by atoms with Crippen LogP contribution in [0.5, 0.6) is 0 Å². The zero-order chi connectivity index (χ0) is 13.1. The second-order valence-corrected chi connectivity index (χ2v) is 16.0. The topological polar surface area (TPSA) is 60.2 Å². The van der Waals surface area contributed by atoms with Crippen LogP contribution in [0.2, 0.25) is 0 Å². The Morgan fingerprint density at radius 1 is 1.47 bits per heavy atom. The first kappa shape index (κ1) is 16.2. The van der Waals surface area contributed by atoms with Crippen LogP contribution >= 0.6 is 54.1 Å². The Bertz CT molecular complexity index is 468. The molecule has 0 fully saturated rings. The summed E-state index contributed by atoms with van der Waals surface area (Å²) in [6.45, 7) is 1.71. The average Bonchev–Trinajstić information content (AvgIpc) is 2.29. The van der Waals surface area contributed by atoms with Gasteiger partial charge in [-0.3, -0.25) is 0 Å². The summed E-state index contributed by atoms with van der Waals surface area (Å²) >= 11 is 6.93. The highest BCUT2D eigenvalue weighted by Gasteiger charge is 2.25. The van der Waals surface area contributed by atoms with Crippen LogP contribution in [0.15, 0.2) is 33.6 Å². The first-order valence-corrected chi connectivity index (χ1v) is 12.8. The first-order chi connectivity index (χ1) is 7.87. The molecule has 96 valence electrons. The Morgan fingerprint density at radius 3 is 2.47 bits per heavy atom. The van der Waals surface area contributed by atoms with Gasteiger partial charge >= 0.3 is 0 Å². The Kier molecular flexibility index (Phi) is 6.71. The number of halogens is 2. The fourth-order valence-electron chi connectivity index (χ4n) is 1.08. The van der Waals surface area contributed by atoms with Gasteiger partial charge in [-0.05, 0) is 53.2 Å². The zero-order valence-corrected chi connectivity index (χ0v) is 15.3. The van der Waals surface area contributed by atoms with Gasteiger partial charge in [0.2, 0.25) is 0 Å². The third kappa shape index (κ3) is 4.62. The summed E-state index contributed by atoms with van der Waals surface area (Å²) in [4.78, 5) is 0.359. The minimum atomic E-state index is -3.26. The summed E-state index contributed by atoms with van der Waals surface area (Å²) in [5, 5.41) is 0. The third-order valence-corrected chi connectivity index (χ3v) is 11.9. The molecule has 1 aromatic carbocycles. The molecule has 0 aliphatic carbocycles. The molecule has 1 unspecified atom stereocenters. The van der Waals surface area contributed by atoms with Crippen molar-refractivity contribution in [1.29, 1.82) is 0 Å². The van der Waals surface area contributed by atoms with E-state index in [1.807, 2.05) is 0 Å². The van der Waals surface area contributed by atoms with E-state index in [1.165, 1.54) is 11.4 Å². The van der Waals surface area contributed by atoms with E-state index in [2.05, 4.69) is 38.0 Å². The molecule has 0 bridgehead atoms. The second kappa shape index (κ2) is 7.05. The summed E-state index contributed by atoms with van der Waals surface area (Å²) in [5.74, 6) is 0. The lowest BCUT2D eigenvalue weighted by Gasteiger charge is -2.15. The minimum Gasteiger partial charge on any atom is -0.325 e. The van der Waals surface area contributed by atoms with Crippen molar-refractivity contribution < 1.29 is 8.42 Å². The molecule has 1 aromatic rings. The monoisotopic (exact) mass is 467 g/mol. The van der Waals surface area contributed by atoms with Gasteiger partial charge in [0.1, 0.15) is 4.58 Å². The molecule has 0 amide bonds. The molecule has 0 aliphatic rings. The molecular formula is C9H12BrINO2PS2. The molecule has 1 rings (SSSR count). The Labute approximate surface area is 128 Å². The van der Waals surface area contributed by atoms with E-state index in [1.54, 1.807) is 31.2 Å². The SMILES string of the molecule is C[C@H](SP(I)CN)S(=O)(=O)c1ccc(Br)cc1. The van der Waals surface area contributed by atoms with Crippen LogP contribution in [0, 0.1) is 0 Å². The number of sulfone groups is 1. The third-order valence-electron chi connectivity index (χ3n) is 1.99. The van der Waals surface area contributed by atoms with Crippen LogP contribution in [0.25, 0.3) is 0 Å². The van der Waals surface area contributed by atoms with Gasteiger partial charge in [0.05, 0.1) is 4.90 Å². The van der Waals surface area contributed by atoms with Crippen LogP contribution in [0.3, 0.4) is 0 Å². The fraction of sp³-hybridized carbons (Fsp3) is 0.333. The first-order valence-electron chi connectivity index (χ1n) is 4.67. The van der Waals surface area contributed by atoms with Crippen molar-refractivity contribution in [1.82, 2.24) is 0 Å². The highest BCUT2D eigenvalue weighted by molar-refractivity contribution is 14.2. The van der Waals surface area contributed by atoms with E-state index >= 15 is 0 Å². The predicted octanol–water partition coefficient (Wildman–Crippen LogP) is 3.97. The molecule has 0 spiro atoms. The average molecular weight is 468 g/mol. The Morgan fingerprint density at radius 2 is 2.00 bits per heavy atom. The molecule has 0 saturated carbocycles. The van der Waals surface area contributed by atoms with Gasteiger partial charge in [-0.2, -0.15) is 0 Å². The fourth-order valence-corrected chi connectivity index (χ4v) is 11.1. The zero-order valence-electron chi connectivity index (χ0n) is 9.01. The van der Waals surface area contributed by atoms with E-state index in [-0.39, 0.29) is 0 Å². The molecular weight excluding hydrogens is 456 g/mol. The van der Waals surface area contributed by atoms with Gasteiger partial charge in [-0.15, -0.1) is 11.4 Å². The molecule has 0 radical (unpaired) electrons. The largest absolute Gasteiger partial charge is 0.325 e. The van der Waals surface area contributed by atoms with E-state index in [4.69, 9.17) is 5.73 Å². The maximum absolute atomic E-state index is 12.2. The minimum absolute atomic E-state index is 0.359. The number of nitrogens with two attached hydrogens (primary N) is 1. The van der Waals surface area contributed by atoms with Gasteiger partial charge in [-0.1, -0.05) is 15.9 Å². The van der Waals surface area contributed by atoms with E-state index in [9.17, 15) is 8.42 Å². The summed E-state index contributed by atoms with van der Waals surface area (Å²) < 4.78 is 24.4. The van der Waals surface area contributed by atoms with Crippen LogP contribution in [-0.4, -0.2) is 19.3 Å².